The van der Waals surface area contributed by atoms with E-state index < -0.39 is 0 Å². The van der Waals surface area contributed by atoms with Crippen molar-refractivity contribution in [2.75, 3.05) is 0 Å². The highest BCUT2D eigenvalue weighted by Crippen LogP contribution is 2.13. The van der Waals surface area contributed by atoms with Crippen LogP contribution in [0.25, 0.3) is 0 Å². The Morgan fingerprint density at radius 3 is 3.08 bits per heavy atom. The lowest BCUT2D eigenvalue weighted by Gasteiger charge is -1.98. The molecule has 2 nitrogen and oxygen atoms in total. The third-order valence-corrected chi connectivity index (χ3v) is 3.11. The second-order valence-corrected chi connectivity index (χ2v) is 5.56. The van der Waals surface area contributed by atoms with Crippen LogP contribution >= 0.6 is 32.7 Å². The zero-order valence-corrected chi connectivity index (χ0v) is 9.44. The number of aryl methyl sites for hydroxylation is 1. The number of thiazole rings is 1. The number of nitrogens with zero attached hydrogens (tertiary/aromatic N) is 1. The highest BCUT2D eigenvalue weighted by molar-refractivity contribution is 8.75. The van der Waals surface area contributed by atoms with E-state index in [2.05, 4.69) is 39.5 Å². The van der Waals surface area contributed by atoms with Crippen molar-refractivity contribution in [3.05, 3.63) is 16.1 Å². The van der Waals surface area contributed by atoms with Gasteiger partial charge in [0.2, 0.25) is 0 Å². The van der Waals surface area contributed by atoms with Gasteiger partial charge in [0, 0.05) is 5.38 Å². The van der Waals surface area contributed by atoms with Crippen LogP contribution in [0, 0.1) is 0 Å². The highest BCUT2D eigenvalue weighted by Gasteiger charge is 1.98. The molecule has 0 bridgehead atoms. The van der Waals surface area contributed by atoms with Gasteiger partial charge in [0.15, 0.2) is 0 Å². The molecule has 0 amide bonds. The third-order valence-electron chi connectivity index (χ3n) is 1.35. The van der Waals surface area contributed by atoms with Crippen LogP contribution in [0.3, 0.4) is 0 Å². The highest BCUT2D eigenvalue weighted by atomic mass is 33.1. The van der Waals surface area contributed by atoms with Crippen molar-refractivity contribution in [2.45, 2.75) is 19.9 Å². The quantitative estimate of drug-likeness (QED) is 0.462. The summed E-state index contributed by atoms with van der Waals surface area (Å²) in [6.45, 7) is 2.89. The first-order valence-corrected chi connectivity index (χ1v) is 6.94. The Bertz CT molecular complexity index is 269. The fraction of sp³-hybridized carbons (Fsp3) is 0.429. The number of aromatic nitrogens is 1. The summed E-state index contributed by atoms with van der Waals surface area (Å²) in [5, 5.41) is 3.21. The van der Waals surface area contributed by atoms with Crippen molar-refractivity contribution in [3.8, 4) is 0 Å². The minimum atomic E-state index is -0.248. The predicted molar refractivity (Wildman–Crippen MR) is 62.0 cm³/mol. The SMILES string of the molecule is C=S(S)NCc1nc(CC)cs1. The first-order chi connectivity index (χ1) is 5.72. The molecule has 5 heteroatoms. The van der Waals surface area contributed by atoms with E-state index in [1.165, 1.54) is 5.69 Å². The minimum Gasteiger partial charge on any atom is -0.255 e. The maximum atomic E-state index is 4.40. The Kier molecular flexibility index (Phi) is 4.28. The van der Waals surface area contributed by atoms with Crippen molar-refractivity contribution < 1.29 is 0 Å². The van der Waals surface area contributed by atoms with Crippen molar-refractivity contribution >= 4 is 38.6 Å². The van der Waals surface area contributed by atoms with E-state index in [0.29, 0.717) is 0 Å². The van der Waals surface area contributed by atoms with Crippen LogP contribution in [-0.4, -0.2) is 10.9 Å². The van der Waals surface area contributed by atoms with E-state index in [1.807, 2.05) is 0 Å². The molecule has 0 aliphatic rings. The van der Waals surface area contributed by atoms with E-state index in [-0.39, 0.29) is 9.70 Å². The fourth-order valence-electron chi connectivity index (χ4n) is 0.738. The summed E-state index contributed by atoms with van der Waals surface area (Å²) in [6.07, 6.45) is 1.01. The molecule has 1 atom stereocenters. The molecule has 0 aromatic carbocycles. The Morgan fingerprint density at radius 1 is 1.83 bits per heavy atom. The van der Waals surface area contributed by atoms with Crippen LogP contribution in [-0.2, 0) is 13.0 Å². The monoisotopic (exact) mass is 220 g/mol. The molecule has 1 heterocycles. The largest absolute Gasteiger partial charge is 0.255 e. The summed E-state index contributed by atoms with van der Waals surface area (Å²) >= 11 is 5.83. The normalized spacial score (nSPS) is 13.2. The van der Waals surface area contributed by atoms with Gasteiger partial charge in [-0.05, 0) is 6.42 Å². The summed E-state index contributed by atoms with van der Waals surface area (Å²) < 4.78 is 3.13. The van der Waals surface area contributed by atoms with Crippen LogP contribution in [0.15, 0.2) is 5.38 Å². The van der Waals surface area contributed by atoms with Gasteiger partial charge in [0.25, 0.3) is 0 Å². The average Bonchev–Trinajstić information content (AvgIpc) is 2.48. The van der Waals surface area contributed by atoms with E-state index in [1.54, 1.807) is 11.3 Å². The predicted octanol–water partition coefficient (Wildman–Crippen LogP) is 2.26. The first kappa shape index (κ1) is 10.2. The molecule has 68 valence electrons. The number of nitrogens with one attached hydrogen (secondary N) is 1. The third kappa shape index (κ3) is 3.26. The van der Waals surface area contributed by atoms with Gasteiger partial charge in [0.1, 0.15) is 5.01 Å². The van der Waals surface area contributed by atoms with E-state index in [9.17, 15) is 0 Å². The second kappa shape index (κ2) is 5.01. The van der Waals surface area contributed by atoms with E-state index in [0.717, 1.165) is 18.0 Å². The number of rotatable bonds is 4. The molecule has 1 rings (SSSR count). The number of thiol groups is 1. The maximum Gasteiger partial charge on any atom is 0.108 e. The summed E-state index contributed by atoms with van der Waals surface area (Å²) in [6, 6.07) is 0. The summed E-state index contributed by atoms with van der Waals surface area (Å²) in [4.78, 5) is 4.40. The molecule has 0 radical (unpaired) electrons. The van der Waals surface area contributed by atoms with Gasteiger partial charge in [-0.15, -0.1) is 23.0 Å². The van der Waals surface area contributed by atoms with Crippen LogP contribution in [0.1, 0.15) is 17.6 Å². The molecule has 1 aromatic rings. The lowest BCUT2D eigenvalue weighted by molar-refractivity contribution is 0.933. The number of hydrogen-bond acceptors (Lipinski definition) is 4. The Hall–Kier alpha value is 0.160. The van der Waals surface area contributed by atoms with Gasteiger partial charge in [-0.3, -0.25) is 4.72 Å². The van der Waals surface area contributed by atoms with Crippen molar-refractivity contribution in [2.24, 2.45) is 0 Å². The Labute approximate surface area is 84.3 Å². The fourth-order valence-corrected chi connectivity index (χ4v) is 2.14. The molecule has 1 unspecified atom stereocenters. The van der Waals surface area contributed by atoms with Gasteiger partial charge >= 0.3 is 0 Å². The van der Waals surface area contributed by atoms with Crippen molar-refractivity contribution in [1.82, 2.24) is 9.71 Å². The molecule has 0 saturated carbocycles. The molecule has 0 aliphatic carbocycles. The van der Waals surface area contributed by atoms with Gasteiger partial charge in [-0.25, -0.2) is 4.98 Å². The average molecular weight is 220 g/mol. The van der Waals surface area contributed by atoms with Gasteiger partial charge in [-0.2, -0.15) is 0 Å². The smallest absolute Gasteiger partial charge is 0.108 e. The maximum absolute atomic E-state index is 4.40. The molecular formula is C7H12N2S3. The molecule has 0 aliphatic heterocycles. The standard InChI is InChI=1S/C7H12N2S3/c1-3-6-5-11-7(9-6)4-8-12(2)10/h5,8,10H,2-4H2,1H3. The van der Waals surface area contributed by atoms with Gasteiger partial charge in [-0.1, -0.05) is 22.5 Å². The lowest BCUT2D eigenvalue weighted by atomic mass is 10.4. The topological polar surface area (TPSA) is 24.9 Å². The molecule has 12 heavy (non-hydrogen) atoms. The van der Waals surface area contributed by atoms with Crippen molar-refractivity contribution in [1.29, 1.82) is 0 Å². The summed E-state index contributed by atoms with van der Waals surface area (Å²) in [5.41, 5.74) is 1.17. The van der Waals surface area contributed by atoms with E-state index in [4.69, 9.17) is 0 Å². The van der Waals surface area contributed by atoms with Crippen LogP contribution < -0.4 is 4.72 Å². The van der Waals surface area contributed by atoms with Crippen molar-refractivity contribution in [3.63, 3.8) is 0 Å². The summed E-state index contributed by atoms with van der Waals surface area (Å²) in [7, 11) is -0.248. The van der Waals surface area contributed by atoms with Crippen LogP contribution in [0.2, 0.25) is 0 Å². The Morgan fingerprint density at radius 2 is 2.58 bits per heavy atom. The molecule has 1 N–H and O–H groups in total. The molecule has 1 aromatic heterocycles. The molecular weight excluding hydrogens is 208 g/mol. The second-order valence-electron chi connectivity index (χ2n) is 2.27. The van der Waals surface area contributed by atoms with Gasteiger partial charge in [0.05, 0.1) is 12.2 Å². The Balaban J connectivity index is 2.47. The summed E-state index contributed by atoms with van der Waals surface area (Å²) in [5.74, 6) is 3.74. The zero-order valence-electron chi connectivity index (χ0n) is 6.91. The molecule has 0 fully saturated rings. The lowest BCUT2D eigenvalue weighted by Crippen LogP contribution is -2.02. The minimum absolute atomic E-state index is 0.248. The van der Waals surface area contributed by atoms with Gasteiger partial charge < -0.3 is 0 Å². The first-order valence-electron chi connectivity index (χ1n) is 3.62. The molecule has 0 spiro atoms. The van der Waals surface area contributed by atoms with Crippen LogP contribution in [0.4, 0.5) is 0 Å². The number of hydrogen-bond donors (Lipinski definition) is 2. The van der Waals surface area contributed by atoms with E-state index >= 15 is 0 Å². The van der Waals surface area contributed by atoms with Crippen LogP contribution in [0.5, 0.6) is 0 Å². The zero-order chi connectivity index (χ0) is 8.97. The molecule has 0 saturated heterocycles.